The molecule has 0 aromatic heterocycles. The van der Waals surface area contributed by atoms with Gasteiger partial charge in [0.25, 0.3) is 0 Å². The largest absolute Gasteiger partial charge is 0.454 e. The Morgan fingerprint density at radius 3 is 1.47 bits per heavy atom. The van der Waals surface area contributed by atoms with Gasteiger partial charge >= 0.3 is 5.97 Å². The Morgan fingerprint density at radius 2 is 0.960 bits per heavy atom. The number of amides is 1. The second-order valence-corrected chi connectivity index (χ2v) is 19.6. The van der Waals surface area contributed by atoms with Gasteiger partial charge in [-0.25, -0.2) is 0 Å². The Kier molecular flexibility index (Phi) is 46.8. The van der Waals surface area contributed by atoms with Gasteiger partial charge in [0.1, 0.15) is 24.4 Å². The van der Waals surface area contributed by atoms with Crippen LogP contribution in [0.2, 0.25) is 0 Å². The molecule has 8 atom stereocenters. The molecule has 0 radical (unpaired) electrons. The van der Waals surface area contributed by atoms with Gasteiger partial charge in [0.2, 0.25) is 5.91 Å². The first-order valence-electron chi connectivity index (χ1n) is 29.3. The lowest BCUT2D eigenvalue weighted by atomic mass is 9.99. The fourth-order valence-electron chi connectivity index (χ4n) is 8.20. The van der Waals surface area contributed by atoms with Crippen LogP contribution in [0, 0.1) is 0 Å². The number of aliphatic hydroxyl groups excluding tert-OH is 5. The molecular formula is C64H105NO10. The smallest absolute Gasteiger partial charge is 0.306 e. The predicted molar refractivity (Wildman–Crippen MR) is 310 cm³/mol. The van der Waals surface area contributed by atoms with Crippen LogP contribution in [-0.2, 0) is 23.8 Å². The van der Waals surface area contributed by atoms with Gasteiger partial charge in [0.05, 0.1) is 25.4 Å². The number of allylic oxidation sites excluding steroid dienone is 19. The molecule has 11 nitrogen and oxygen atoms in total. The molecule has 0 aromatic carbocycles. The van der Waals surface area contributed by atoms with E-state index in [1.54, 1.807) is 6.08 Å². The van der Waals surface area contributed by atoms with Gasteiger partial charge in [0, 0.05) is 6.42 Å². The summed E-state index contributed by atoms with van der Waals surface area (Å²) in [4.78, 5) is 26.4. The van der Waals surface area contributed by atoms with E-state index >= 15 is 0 Å². The van der Waals surface area contributed by atoms with Crippen molar-refractivity contribution < 1.29 is 49.3 Å². The van der Waals surface area contributed by atoms with Gasteiger partial charge in [-0.05, 0) is 103 Å². The number of hydrogen-bond donors (Lipinski definition) is 6. The summed E-state index contributed by atoms with van der Waals surface area (Å²) in [7, 11) is 0. The fourth-order valence-corrected chi connectivity index (χ4v) is 8.20. The zero-order chi connectivity index (χ0) is 54.7. The summed E-state index contributed by atoms with van der Waals surface area (Å²) in [6.07, 6.45) is 59.6. The van der Waals surface area contributed by atoms with E-state index in [0.717, 1.165) is 83.5 Å². The lowest BCUT2D eigenvalue weighted by molar-refractivity contribution is -0.305. The average Bonchev–Trinajstić information content (AvgIpc) is 3.41. The molecule has 426 valence electrons. The number of hydrogen-bond acceptors (Lipinski definition) is 10. The molecule has 1 fully saturated rings. The maximum absolute atomic E-state index is 13.4. The standard InChI is InChI=1S/C64H105NO10/c1-4-7-10-13-16-19-22-25-27-29-31-34-37-40-43-46-49-52-59(69)75-62-61(71)60(70)58(53-66)74-64(62)73-54-55(56(67)50-47-44-41-38-35-32-24-21-18-15-12-9-6-3)65-63(72)57(68)51-48-45-42-39-36-33-30-28-26-23-20-17-14-11-8-5-2/h7,10,16-17,19-20,25-28,31,33-34,36,40,42-43,45,47,50,55-58,60-62,64,66-68,70-71H,4-6,8-9,11-15,18,21-24,29-30,32,35,37-39,41,44,46,48-49,51-54H2,1-3H3,(H,65,72)/b10-7-,19-16-,20-17-,27-25-,28-26-,34-31-,36-33-,43-40-,45-42-,50-47+. The summed E-state index contributed by atoms with van der Waals surface area (Å²) >= 11 is 0. The first-order chi connectivity index (χ1) is 36.7. The van der Waals surface area contributed by atoms with Crippen LogP contribution in [0.3, 0.4) is 0 Å². The number of nitrogens with one attached hydrogen (secondary N) is 1. The molecular weight excluding hydrogens is 943 g/mol. The monoisotopic (exact) mass is 1050 g/mol. The third-order valence-corrected chi connectivity index (χ3v) is 12.9. The molecule has 1 amide bonds. The van der Waals surface area contributed by atoms with Crippen LogP contribution in [0.15, 0.2) is 122 Å². The average molecular weight is 1050 g/mol. The van der Waals surface area contributed by atoms with Gasteiger partial charge in [-0.3, -0.25) is 9.59 Å². The van der Waals surface area contributed by atoms with Gasteiger partial charge < -0.3 is 45.1 Å². The summed E-state index contributed by atoms with van der Waals surface area (Å²) in [6, 6.07) is -1.07. The Morgan fingerprint density at radius 1 is 0.533 bits per heavy atom. The quantitative estimate of drug-likeness (QED) is 0.0195. The molecule has 0 bridgehead atoms. The Bertz CT molecular complexity index is 1680. The van der Waals surface area contributed by atoms with E-state index in [4.69, 9.17) is 14.2 Å². The van der Waals surface area contributed by atoms with Gasteiger partial charge in [-0.15, -0.1) is 0 Å². The third-order valence-electron chi connectivity index (χ3n) is 12.9. The molecule has 1 rings (SSSR count). The van der Waals surface area contributed by atoms with E-state index in [2.05, 4.69) is 111 Å². The highest BCUT2D eigenvalue weighted by Crippen LogP contribution is 2.26. The van der Waals surface area contributed by atoms with Gasteiger partial charge in [0.15, 0.2) is 12.4 Å². The van der Waals surface area contributed by atoms with Crippen molar-refractivity contribution >= 4 is 11.9 Å². The van der Waals surface area contributed by atoms with E-state index < -0.39 is 67.4 Å². The van der Waals surface area contributed by atoms with Crippen molar-refractivity contribution in [3.05, 3.63) is 122 Å². The minimum absolute atomic E-state index is 0.0318. The first kappa shape index (κ1) is 69.1. The minimum Gasteiger partial charge on any atom is -0.454 e. The van der Waals surface area contributed by atoms with Crippen molar-refractivity contribution in [3.63, 3.8) is 0 Å². The lowest BCUT2D eigenvalue weighted by Crippen LogP contribution is -2.61. The molecule has 1 heterocycles. The zero-order valence-corrected chi connectivity index (χ0v) is 46.9. The fraction of sp³-hybridized carbons (Fsp3) is 0.656. The Balaban J connectivity index is 2.82. The summed E-state index contributed by atoms with van der Waals surface area (Å²) < 4.78 is 17.5. The number of carbonyl (C=O) groups excluding carboxylic acids is 2. The van der Waals surface area contributed by atoms with Crippen molar-refractivity contribution in [1.82, 2.24) is 5.32 Å². The summed E-state index contributed by atoms with van der Waals surface area (Å²) in [6.45, 7) is 5.56. The number of rotatable bonds is 47. The number of ether oxygens (including phenoxy) is 3. The van der Waals surface area contributed by atoms with Crippen molar-refractivity contribution in [1.29, 1.82) is 0 Å². The highest BCUT2D eigenvalue weighted by molar-refractivity contribution is 5.80. The molecule has 1 aliphatic heterocycles. The normalized spacial score (nSPS) is 20.1. The molecule has 0 spiro atoms. The second-order valence-electron chi connectivity index (χ2n) is 19.6. The summed E-state index contributed by atoms with van der Waals surface area (Å²) in [5.41, 5.74) is 0. The maximum atomic E-state index is 13.4. The van der Waals surface area contributed by atoms with E-state index in [1.165, 1.54) is 70.6 Å². The molecule has 0 aliphatic carbocycles. The van der Waals surface area contributed by atoms with Crippen LogP contribution < -0.4 is 5.32 Å². The number of carbonyl (C=O) groups is 2. The van der Waals surface area contributed by atoms with E-state index in [1.807, 2.05) is 30.4 Å². The van der Waals surface area contributed by atoms with Crippen LogP contribution in [0.1, 0.15) is 207 Å². The predicted octanol–water partition coefficient (Wildman–Crippen LogP) is 13.5. The first-order valence-corrected chi connectivity index (χ1v) is 29.3. The van der Waals surface area contributed by atoms with Crippen LogP contribution in [0.25, 0.3) is 0 Å². The third kappa shape index (κ3) is 39.1. The second kappa shape index (κ2) is 50.9. The highest BCUT2D eigenvalue weighted by Gasteiger charge is 2.47. The zero-order valence-electron chi connectivity index (χ0n) is 46.9. The molecule has 11 heteroatoms. The number of esters is 1. The number of unbranched alkanes of at least 4 members (excludes halogenated alkanes) is 15. The highest BCUT2D eigenvalue weighted by atomic mass is 16.7. The summed E-state index contributed by atoms with van der Waals surface area (Å²) in [5, 5.41) is 56.8. The molecule has 8 unspecified atom stereocenters. The van der Waals surface area contributed by atoms with Crippen LogP contribution in [0.4, 0.5) is 0 Å². The van der Waals surface area contributed by atoms with E-state index in [-0.39, 0.29) is 19.4 Å². The molecule has 0 aromatic rings. The summed E-state index contributed by atoms with van der Waals surface area (Å²) in [5.74, 6) is -1.33. The molecule has 0 saturated carbocycles. The van der Waals surface area contributed by atoms with Crippen molar-refractivity contribution in [2.45, 2.75) is 256 Å². The van der Waals surface area contributed by atoms with E-state index in [0.29, 0.717) is 19.3 Å². The topological polar surface area (TPSA) is 175 Å². The molecule has 75 heavy (non-hydrogen) atoms. The van der Waals surface area contributed by atoms with E-state index in [9.17, 15) is 35.1 Å². The van der Waals surface area contributed by atoms with Gasteiger partial charge in [-0.2, -0.15) is 0 Å². The molecule has 6 N–H and O–H groups in total. The van der Waals surface area contributed by atoms with Crippen molar-refractivity contribution in [2.75, 3.05) is 13.2 Å². The van der Waals surface area contributed by atoms with Crippen LogP contribution in [0.5, 0.6) is 0 Å². The number of aliphatic hydroxyl groups is 5. The van der Waals surface area contributed by atoms with Crippen molar-refractivity contribution in [3.8, 4) is 0 Å². The minimum atomic E-state index is -1.65. The molecule has 1 saturated heterocycles. The van der Waals surface area contributed by atoms with Crippen LogP contribution in [-0.4, -0.2) is 99.6 Å². The van der Waals surface area contributed by atoms with Gasteiger partial charge in [-0.1, -0.05) is 219 Å². The van der Waals surface area contributed by atoms with Crippen LogP contribution >= 0.6 is 0 Å². The van der Waals surface area contributed by atoms with Crippen molar-refractivity contribution in [2.24, 2.45) is 0 Å². The molecule has 1 aliphatic rings. The Hall–Kier alpha value is -3.94. The Labute approximate surface area is 455 Å². The SMILES string of the molecule is CC/C=C\C/C=C\C/C=C\C/C=C\C/C=C\CCCC(=O)OC1C(OCC(NC(=O)C(O)CC/C=C\C/C=C\C/C=C\C/C=C\CCCCC)C(O)/C=C/CCCCCCCCCCCCC)OC(CO)C(O)C1O. The maximum Gasteiger partial charge on any atom is 0.306 e. The lowest BCUT2D eigenvalue weighted by Gasteiger charge is -2.41.